The van der Waals surface area contributed by atoms with Crippen molar-refractivity contribution in [3.05, 3.63) is 24.4 Å². The maximum Gasteiger partial charge on any atom is 0.128 e. The quantitative estimate of drug-likeness (QED) is 0.842. The van der Waals surface area contributed by atoms with Gasteiger partial charge in [0.05, 0.1) is 0 Å². The van der Waals surface area contributed by atoms with E-state index in [1.807, 2.05) is 12.3 Å². The summed E-state index contributed by atoms with van der Waals surface area (Å²) in [4.78, 5) is 9.50. The normalized spacial score (nSPS) is 23.2. The fourth-order valence-electron chi connectivity index (χ4n) is 3.03. The Morgan fingerprint density at radius 3 is 2.50 bits per heavy atom. The maximum atomic E-state index is 4.44. The minimum atomic E-state index is 0.803. The largest absolute Gasteiger partial charge is 0.354 e. The predicted molar refractivity (Wildman–Crippen MR) is 73.9 cm³/mol. The molecule has 2 saturated heterocycles. The van der Waals surface area contributed by atoms with Crippen molar-refractivity contribution < 1.29 is 0 Å². The Labute approximate surface area is 109 Å². The molecule has 0 aliphatic carbocycles. The molecule has 3 heterocycles. The number of aromatic nitrogens is 1. The van der Waals surface area contributed by atoms with Crippen LogP contribution in [0.15, 0.2) is 24.4 Å². The summed E-state index contributed by atoms with van der Waals surface area (Å²) in [6, 6.07) is 6.97. The van der Waals surface area contributed by atoms with Crippen LogP contribution in [-0.2, 0) is 0 Å². The van der Waals surface area contributed by atoms with Gasteiger partial charge in [-0.3, -0.25) is 4.90 Å². The number of piperidine rings is 1. The SMILES string of the molecule is c1ccc(N2CCN(C3CCNCC3)CC2)nc1. The zero-order valence-electron chi connectivity index (χ0n) is 10.9. The zero-order valence-corrected chi connectivity index (χ0v) is 10.9. The molecule has 0 spiro atoms. The lowest BCUT2D eigenvalue weighted by molar-refractivity contribution is 0.153. The van der Waals surface area contributed by atoms with Crippen LogP contribution in [0.2, 0.25) is 0 Å². The van der Waals surface area contributed by atoms with Crippen molar-refractivity contribution in [3.63, 3.8) is 0 Å². The minimum absolute atomic E-state index is 0.803. The van der Waals surface area contributed by atoms with Gasteiger partial charge in [-0.05, 0) is 38.1 Å². The van der Waals surface area contributed by atoms with Crippen LogP contribution in [-0.4, -0.2) is 55.2 Å². The van der Waals surface area contributed by atoms with Gasteiger partial charge >= 0.3 is 0 Å². The van der Waals surface area contributed by atoms with E-state index in [9.17, 15) is 0 Å². The Kier molecular flexibility index (Phi) is 3.76. The number of rotatable bonds is 2. The highest BCUT2D eigenvalue weighted by Gasteiger charge is 2.25. The number of hydrogen-bond donors (Lipinski definition) is 1. The van der Waals surface area contributed by atoms with Gasteiger partial charge in [0.2, 0.25) is 0 Å². The van der Waals surface area contributed by atoms with E-state index in [0.29, 0.717) is 0 Å². The molecule has 0 saturated carbocycles. The van der Waals surface area contributed by atoms with E-state index in [4.69, 9.17) is 0 Å². The van der Waals surface area contributed by atoms with Gasteiger partial charge in [0.15, 0.2) is 0 Å². The lowest BCUT2D eigenvalue weighted by Crippen LogP contribution is -2.53. The predicted octanol–water partition coefficient (Wildman–Crippen LogP) is 0.956. The van der Waals surface area contributed by atoms with Crippen LogP contribution in [0.25, 0.3) is 0 Å². The van der Waals surface area contributed by atoms with Crippen molar-refractivity contribution in [2.45, 2.75) is 18.9 Å². The van der Waals surface area contributed by atoms with Crippen molar-refractivity contribution in [2.75, 3.05) is 44.2 Å². The van der Waals surface area contributed by atoms with Crippen molar-refractivity contribution in [1.82, 2.24) is 15.2 Å². The molecule has 98 valence electrons. The fourth-order valence-corrected chi connectivity index (χ4v) is 3.03. The second-order valence-corrected chi connectivity index (χ2v) is 5.19. The Morgan fingerprint density at radius 1 is 1.06 bits per heavy atom. The third-order valence-corrected chi connectivity index (χ3v) is 4.11. The van der Waals surface area contributed by atoms with Crippen LogP contribution >= 0.6 is 0 Å². The third-order valence-electron chi connectivity index (χ3n) is 4.11. The Hall–Kier alpha value is -1.13. The highest BCUT2D eigenvalue weighted by atomic mass is 15.3. The fraction of sp³-hybridized carbons (Fsp3) is 0.643. The van der Waals surface area contributed by atoms with Crippen LogP contribution < -0.4 is 10.2 Å². The van der Waals surface area contributed by atoms with Crippen molar-refractivity contribution in [3.8, 4) is 0 Å². The van der Waals surface area contributed by atoms with E-state index in [1.54, 1.807) is 0 Å². The van der Waals surface area contributed by atoms with E-state index in [1.165, 1.54) is 39.0 Å². The molecule has 3 rings (SSSR count). The molecule has 2 aliphatic heterocycles. The monoisotopic (exact) mass is 246 g/mol. The Bertz CT molecular complexity index is 353. The highest BCUT2D eigenvalue weighted by Crippen LogP contribution is 2.17. The molecule has 1 N–H and O–H groups in total. The number of nitrogens with one attached hydrogen (secondary N) is 1. The molecule has 18 heavy (non-hydrogen) atoms. The summed E-state index contributed by atoms with van der Waals surface area (Å²) >= 11 is 0. The number of hydrogen-bond acceptors (Lipinski definition) is 4. The van der Waals surface area contributed by atoms with Gasteiger partial charge in [0.25, 0.3) is 0 Å². The second-order valence-electron chi connectivity index (χ2n) is 5.19. The summed E-state index contributed by atoms with van der Waals surface area (Å²) in [7, 11) is 0. The van der Waals surface area contributed by atoms with Crippen LogP contribution in [0.1, 0.15) is 12.8 Å². The number of nitrogens with zero attached hydrogens (tertiary/aromatic N) is 3. The second kappa shape index (κ2) is 5.67. The Morgan fingerprint density at radius 2 is 1.83 bits per heavy atom. The molecule has 1 aromatic heterocycles. The first-order valence-corrected chi connectivity index (χ1v) is 7.04. The van der Waals surface area contributed by atoms with Crippen LogP contribution in [0.3, 0.4) is 0 Å². The van der Waals surface area contributed by atoms with Crippen LogP contribution in [0.5, 0.6) is 0 Å². The molecule has 0 atom stereocenters. The highest BCUT2D eigenvalue weighted by molar-refractivity contribution is 5.38. The lowest BCUT2D eigenvalue weighted by Gasteiger charge is -2.41. The summed E-state index contributed by atoms with van der Waals surface area (Å²) in [5, 5.41) is 3.44. The summed E-state index contributed by atoms with van der Waals surface area (Å²) in [5.74, 6) is 1.13. The molecule has 4 heteroatoms. The maximum absolute atomic E-state index is 4.44. The molecular formula is C14H22N4. The third kappa shape index (κ3) is 2.65. The minimum Gasteiger partial charge on any atom is -0.354 e. The summed E-state index contributed by atoms with van der Waals surface area (Å²) < 4.78 is 0. The zero-order chi connectivity index (χ0) is 12.2. The van der Waals surface area contributed by atoms with Gasteiger partial charge in [-0.1, -0.05) is 6.07 Å². The van der Waals surface area contributed by atoms with Crippen molar-refractivity contribution >= 4 is 5.82 Å². The molecule has 0 unspecified atom stereocenters. The van der Waals surface area contributed by atoms with Gasteiger partial charge in [0, 0.05) is 38.4 Å². The molecular weight excluding hydrogens is 224 g/mol. The molecule has 0 amide bonds. The first-order chi connectivity index (χ1) is 8.93. The van der Waals surface area contributed by atoms with Gasteiger partial charge < -0.3 is 10.2 Å². The van der Waals surface area contributed by atoms with E-state index in [-0.39, 0.29) is 0 Å². The molecule has 1 aromatic rings. The van der Waals surface area contributed by atoms with Crippen LogP contribution in [0, 0.1) is 0 Å². The van der Waals surface area contributed by atoms with Gasteiger partial charge in [0.1, 0.15) is 5.82 Å². The summed E-state index contributed by atoms with van der Waals surface area (Å²) in [6.07, 6.45) is 4.50. The average molecular weight is 246 g/mol. The van der Waals surface area contributed by atoms with Gasteiger partial charge in [-0.2, -0.15) is 0 Å². The average Bonchev–Trinajstić information content (AvgIpc) is 2.49. The van der Waals surface area contributed by atoms with Gasteiger partial charge in [-0.15, -0.1) is 0 Å². The lowest BCUT2D eigenvalue weighted by atomic mass is 10.0. The number of pyridine rings is 1. The summed E-state index contributed by atoms with van der Waals surface area (Å²) in [6.45, 7) is 6.96. The molecule has 2 fully saturated rings. The van der Waals surface area contributed by atoms with E-state index >= 15 is 0 Å². The van der Waals surface area contributed by atoms with Crippen molar-refractivity contribution in [1.29, 1.82) is 0 Å². The topological polar surface area (TPSA) is 31.4 Å². The first kappa shape index (κ1) is 11.9. The molecule has 0 aromatic carbocycles. The summed E-state index contributed by atoms with van der Waals surface area (Å²) in [5.41, 5.74) is 0. The van der Waals surface area contributed by atoms with Crippen LogP contribution in [0.4, 0.5) is 5.82 Å². The van der Waals surface area contributed by atoms with Crippen molar-refractivity contribution in [2.24, 2.45) is 0 Å². The Balaban J connectivity index is 1.54. The first-order valence-electron chi connectivity index (χ1n) is 7.04. The number of anilines is 1. The molecule has 4 nitrogen and oxygen atoms in total. The molecule has 0 radical (unpaired) electrons. The van der Waals surface area contributed by atoms with Gasteiger partial charge in [-0.25, -0.2) is 4.98 Å². The van der Waals surface area contributed by atoms with E-state index in [0.717, 1.165) is 24.9 Å². The standard InChI is InChI=1S/C14H22N4/c1-2-6-16-14(3-1)18-11-9-17(10-12-18)13-4-7-15-8-5-13/h1-3,6,13,15H,4-5,7-12H2. The molecule has 0 bridgehead atoms. The number of piperazine rings is 1. The smallest absolute Gasteiger partial charge is 0.128 e. The van der Waals surface area contributed by atoms with E-state index in [2.05, 4.69) is 32.2 Å². The van der Waals surface area contributed by atoms with E-state index < -0.39 is 0 Å². The molecule has 2 aliphatic rings.